The Kier molecular flexibility index (Phi) is 5.32. The standard InChI is InChI=1S/C17H26N2O/c1-13(2)15-4-6-16(7-5-15)17(20)12-14(3)19-10-8-18-9-11-19/h4-7,13-14,18H,8-12H2,1-3H3. The van der Waals surface area contributed by atoms with Crippen LogP contribution >= 0.6 is 0 Å². The molecule has 1 atom stereocenters. The Balaban J connectivity index is 1.93. The maximum absolute atomic E-state index is 12.3. The van der Waals surface area contributed by atoms with E-state index in [4.69, 9.17) is 0 Å². The first-order chi connectivity index (χ1) is 9.58. The minimum atomic E-state index is 0.256. The predicted molar refractivity (Wildman–Crippen MR) is 83.4 cm³/mol. The summed E-state index contributed by atoms with van der Waals surface area (Å²) in [5, 5.41) is 3.34. The lowest BCUT2D eigenvalue weighted by Crippen LogP contribution is -2.48. The Morgan fingerprint density at radius 1 is 1.15 bits per heavy atom. The van der Waals surface area contributed by atoms with Crippen molar-refractivity contribution in [2.45, 2.75) is 39.2 Å². The maximum atomic E-state index is 12.3. The lowest BCUT2D eigenvalue weighted by molar-refractivity contribution is 0.0918. The summed E-state index contributed by atoms with van der Waals surface area (Å²) < 4.78 is 0. The molecule has 0 aliphatic carbocycles. The first-order valence-electron chi connectivity index (χ1n) is 7.66. The van der Waals surface area contributed by atoms with Crippen LogP contribution in [0.25, 0.3) is 0 Å². The van der Waals surface area contributed by atoms with E-state index in [9.17, 15) is 4.79 Å². The van der Waals surface area contributed by atoms with Gasteiger partial charge < -0.3 is 5.32 Å². The number of nitrogens with one attached hydrogen (secondary N) is 1. The molecule has 0 aromatic heterocycles. The highest BCUT2D eigenvalue weighted by Gasteiger charge is 2.19. The molecule has 0 radical (unpaired) electrons. The van der Waals surface area contributed by atoms with Gasteiger partial charge in [0, 0.05) is 44.2 Å². The number of hydrogen-bond donors (Lipinski definition) is 1. The van der Waals surface area contributed by atoms with Gasteiger partial charge in [-0.15, -0.1) is 0 Å². The fourth-order valence-corrected chi connectivity index (χ4v) is 2.69. The number of carbonyl (C=O) groups excluding carboxylic acids is 1. The van der Waals surface area contributed by atoms with Gasteiger partial charge in [-0.2, -0.15) is 0 Å². The van der Waals surface area contributed by atoms with Crippen molar-refractivity contribution < 1.29 is 4.79 Å². The summed E-state index contributed by atoms with van der Waals surface area (Å²) >= 11 is 0. The van der Waals surface area contributed by atoms with Crippen molar-refractivity contribution in [3.05, 3.63) is 35.4 Å². The Bertz CT molecular complexity index is 433. The van der Waals surface area contributed by atoms with Gasteiger partial charge >= 0.3 is 0 Å². The topological polar surface area (TPSA) is 32.3 Å². The second-order valence-electron chi connectivity index (χ2n) is 6.04. The number of rotatable bonds is 5. The normalized spacial score (nSPS) is 18.2. The number of ketones is 1. The fraction of sp³-hybridized carbons (Fsp3) is 0.588. The zero-order chi connectivity index (χ0) is 14.5. The third-order valence-corrected chi connectivity index (χ3v) is 4.16. The van der Waals surface area contributed by atoms with Crippen molar-refractivity contribution in [3.8, 4) is 0 Å². The van der Waals surface area contributed by atoms with E-state index in [-0.39, 0.29) is 5.78 Å². The van der Waals surface area contributed by atoms with Crippen LogP contribution in [0.4, 0.5) is 0 Å². The van der Waals surface area contributed by atoms with E-state index in [1.165, 1.54) is 5.56 Å². The number of piperazine rings is 1. The second kappa shape index (κ2) is 7.00. The second-order valence-corrected chi connectivity index (χ2v) is 6.04. The van der Waals surface area contributed by atoms with Crippen molar-refractivity contribution in [1.29, 1.82) is 0 Å². The molecule has 1 aliphatic rings. The summed E-state index contributed by atoms with van der Waals surface area (Å²) in [7, 11) is 0. The molecule has 1 fully saturated rings. The summed E-state index contributed by atoms with van der Waals surface area (Å²) in [5.41, 5.74) is 2.13. The van der Waals surface area contributed by atoms with Crippen molar-refractivity contribution in [2.24, 2.45) is 0 Å². The Hall–Kier alpha value is -1.19. The van der Waals surface area contributed by atoms with Gasteiger partial charge in [0.2, 0.25) is 0 Å². The number of benzene rings is 1. The van der Waals surface area contributed by atoms with Crippen LogP contribution in [0.15, 0.2) is 24.3 Å². The summed E-state index contributed by atoms with van der Waals surface area (Å²) in [4.78, 5) is 14.7. The third kappa shape index (κ3) is 3.90. The van der Waals surface area contributed by atoms with Gasteiger partial charge in [-0.1, -0.05) is 38.1 Å². The van der Waals surface area contributed by atoms with Gasteiger partial charge in [0.25, 0.3) is 0 Å². The molecular formula is C17H26N2O. The van der Waals surface area contributed by atoms with Crippen LogP contribution in [-0.4, -0.2) is 42.9 Å². The monoisotopic (exact) mass is 274 g/mol. The minimum absolute atomic E-state index is 0.256. The summed E-state index contributed by atoms with van der Waals surface area (Å²) in [6.45, 7) is 10.6. The lowest BCUT2D eigenvalue weighted by Gasteiger charge is -2.32. The van der Waals surface area contributed by atoms with E-state index in [1.807, 2.05) is 12.1 Å². The van der Waals surface area contributed by atoms with E-state index in [0.717, 1.165) is 31.7 Å². The Morgan fingerprint density at radius 3 is 2.30 bits per heavy atom. The fourth-order valence-electron chi connectivity index (χ4n) is 2.69. The summed E-state index contributed by atoms with van der Waals surface area (Å²) in [5.74, 6) is 0.769. The zero-order valence-corrected chi connectivity index (χ0v) is 12.9. The Morgan fingerprint density at radius 2 is 1.75 bits per heavy atom. The highest BCUT2D eigenvalue weighted by Crippen LogP contribution is 2.16. The van der Waals surface area contributed by atoms with Crippen LogP contribution in [0.1, 0.15) is 49.0 Å². The highest BCUT2D eigenvalue weighted by molar-refractivity contribution is 5.96. The molecule has 1 N–H and O–H groups in total. The molecule has 1 heterocycles. The third-order valence-electron chi connectivity index (χ3n) is 4.16. The van der Waals surface area contributed by atoms with Crippen molar-refractivity contribution >= 4 is 5.78 Å². The number of carbonyl (C=O) groups is 1. The molecule has 1 aromatic carbocycles. The largest absolute Gasteiger partial charge is 0.314 e. The van der Waals surface area contributed by atoms with E-state index in [2.05, 4.69) is 43.1 Å². The first kappa shape index (κ1) is 15.2. The molecule has 1 unspecified atom stereocenters. The van der Waals surface area contributed by atoms with Gasteiger partial charge in [0.1, 0.15) is 0 Å². The molecule has 0 saturated carbocycles. The van der Waals surface area contributed by atoms with Crippen LogP contribution in [-0.2, 0) is 0 Å². The molecule has 0 bridgehead atoms. The van der Waals surface area contributed by atoms with E-state index >= 15 is 0 Å². The molecule has 0 spiro atoms. The molecule has 3 nitrogen and oxygen atoms in total. The SMILES string of the molecule is CC(C)c1ccc(C(=O)CC(C)N2CCNCC2)cc1. The zero-order valence-electron chi connectivity index (χ0n) is 12.9. The van der Waals surface area contributed by atoms with E-state index in [1.54, 1.807) is 0 Å². The highest BCUT2D eigenvalue weighted by atomic mass is 16.1. The van der Waals surface area contributed by atoms with Crippen molar-refractivity contribution in [3.63, 3.8) is 0 Å². The van der Waals surface area contributed by atoms with Crippen LogP contribution < -0.4 is 5.32 Å². The first-order valence-corrected chi connectivity index (χ1v) is 7.66. The van der Waals surface area contributed by atoms with Crippen LogP contribution in [0, 0.1) is 0 Å². The molecule has 1 aromatic rings. The van der Waals surface area contributed by atoms with Crippen LogP contribution in [0.2, 0.25) is 0 Å². The molecule has 1 saturated heterocycles. The van der Waals surface area contributed by atoms with Crippen LogP contribution in [0.5, 0.6) is 0 Å². The number of nitrogens with zero attached hydrogens (tertiary/aromatic N) is 1. The molecule has 110 valence electrons. The van der Waals surface area contributed by atoms with Gasteiger partial charge in [0.05, 0.1) is 0 Å². The van der Waals surface area contributed by atoms with Gasteiger partial charge in [-0.05, 0) is 18.4 Å². The smallest absolute Gasteiger partial charge is 0.164 e. The summed E-state index contributed by atoms with van der Waals surface area (Å²) in [6.07, 6.45) is 0.612. The van der Waals surface area contributed by atoms with Crippen molar-refractivity contribution in [1.82, 2.24) is 10.2 Å². The van der Waals surface area contributed by atoms with Crippen molar-refractivity contribution in [2.75, 3.05) is 26.2 Å². The van der Waals surface area contributed by atoms with Crippen LogP contribution in [0.3, 0.4) is 0 Å². The molecule has 3 heteroatoms. The summed E-state index contributed by atoms with van der Waals surface area (Å²) in [6, 6.07) is 8.43. The average Bonchev–Trinajstić information content (AvgIpc) is 2.48. The lowest BCUT2D eigenvalue weighted by atomic mass is 9.98. The van der Waals surface area contributed by atoms with E-state index < -0.39 is 0 Å². The molecular weight excluding hydrogens is 248 g/mol. The number of hydrogen-bond acceptors (Lipinski definition) is 3. The average molecular weight is 274 g/mol. The van der Waals surface area contributed by atoms with Gasteiger partial charge in [0.15, 0.2) is 5.78 Å². The quantitative estimate of drug-likeness (QED) is 0.838. The molecule has 2 rings (SSSR count). The maximum Gasteiger partial charge on any atom is 0.164 e. The number of Topliss-reactive ketones (excluding diaryl/α,β-unsaturated/α-hetero) is 1. The molecule has 20 heavy (non-hydrogen) atoms. The van der Waals surface area contributed by atoms with Gasteiger partial charge in [-0.3, -0.25) is 9.69 Å². The Labute approximate surface area is 122 Å². The molecule has 0 amide bonds. The van der Waals surface area contributed by atoms with Gasteiger partial charge in [-0.25, -0.2) is 0 Å². The molecule has 1 aliphatic heterocycles. The van der Waals surface area contributed by atoms with E-state index in [0.29, 0.717) is 18.4 Å². The minimum Gasteiger partial charge on any atom is -0.314 e. The predicted octanol–water partition coefficient (Wildman–Crippen LogP) is 2.68.